The largest absolute Gasteiger partial charge is 0.481 e. The second-order valence-electron chi connectivity index (χ2n) is 4.56. The van der Waals surface area contributed by atoms with Crippen molar-refractivity contribution in [2.75, 3.05) is 13.1 Å². The number of aliphatic carboxylic acids is 1. The van der Waals surface area contributed by atoms with Crippen molar-refractivity contribution in [2.24, 2.45) is 11.8 Å². The van der Waals surface area contributed by atoms with Crippen molar-refractivity contribution in [3.8, 4) is 0 Å². The molecule has 0 aromatic carbocycles. The zero-order chi connectivity index (χ0) is 10.7. The number of likely N-dealkylation sites (tertiary alicyclic amines) is 1. The number of hydrogen-bond donors (Lipinski definition) is 1. The van der Waals surface area contributed by atoms with Crippen molar-refractivity contribution in [1.29, 1.82) is 0 Å². The van der Waals surface area contributed by atoms with Gasteiger partial charge in [0.2, 0.25) is 0 Å². The fourth-order valence-corrected chi connectivity index (χ4v) is 2.39. The first-order valence-corrected chi connectivity index (χ1v) is 5.53. The molecule has 14 heavy (non-hydrogen) atoms. The highest BCUT2D eigenvalue weighted by Crippen LogP contribution is 2.28. The molecule has 0 unspecified atom stereocenters. The summed E-state index contributed by atoms with van der Waals surface area (Å²) in [6, 6.07) is 0.262. The molecule has 1 fully saturated rings. The molecule has 0 aromatic heterocycles. The van der Waals surface area contributed by atoms with Crippen molar-refractivity contribution in [3.05, 3.63) is 0 Å². The lowest BCUT2D eigenvalue weighted by molar-refractivity contribution is -0.142. The molecule has 3 nitrogen and oxygen atoms in total. The number of carboxylic acid groups (broad SMARTS) is 1. The molecule has 1 saturated heterocycles. The quantitative estimate of drug-likeness (QED) is 0.751. The summed E-state index contributed by atoms with van der Waals surface area (Å²) in [4.78, 5) is 13.3. The monoisotopic (exact) mass is 199 g/mol. The van der Waals surface area contributed by atoms with Gasteiger partial charge >= 0.3 is 5.97 Å². The molecule has 0 aliphatic carbocycles. The molecule has 3 heteroatoms. The van der Waals surface area contributed by atoms with E-state index in [0.717, 1.165) is 25.9 Å². The normalized spacial score (nSPS) is 28.6. The highest BCUT2D eigenvalue weighted by molar-refractivity contribution is 5.71. The lowest BCUT2D eigenvalue weighted by atomic mass is 9.93. The minimum Gasteiger partial charge on any atom is -0.481 e. The maximum atomic E-state index is 11.0. The average molecular weight is 199 g/mol. The predicted octanol–water partition coefficient (Wildman–Crippen LogP) is 1.83. The van der Waals surface area contributed by atoms with Crippen LogP contribution in [-0.4, -0.2) is 35.1 Å². The van der Waals surface area contributed by atoms with Gasteiger partial charge in [0.15, 0.2) is 0 Å². The van der Waals surface area contributed by atoms with Crippen LogP contribution in [0.25, 0.3) is 0 Å². The number of carbonyl (C=O) groups is 1. The first kappa shape index (κ1) is 11.5. The fourth-order valence-electron chi connectivity index (χ4n) is 2.39. The third-order valence-electron chi connectivity index (χ3n) is 3.10. The zero-order valence-corrected chi connectivity index (χ0v) is 9.36. The Bertz CT molecular complexity index is 203. The molecule has 0 bridgehead atoms. The van der Waals surface area contributed by atoms with Crippen molar-refractivity contribution < 1.29 is 9.90 Å². The maximum absolute atomic E-state index is 11.0. The Labute approximate surface area is 86.1 Å². The van der Waals surface area contributed by atoms with Crippen LogP contribution in [0.5, 0.6) is 0 Å². The van der Waals surface area contributed by atoms with E-state index in [4.69, 9.17) is 5.11 Å². The molecule has 82 valence electrons. The Kier molecular flexibility index (Phi) is 3.93. The molecule has 0 aromatic rings. The van der Waals surface area contributed by atoms with E-state index in [2.05, 4.69) is 25.7 Å². The molecule has 1 N–H and O–H groups in total. The summed E-state index contributed by atoms with van der Waals surface area (Å²) in [5.41, 5.74) is 0. The van der Waals surface area contributed by atoms with Crippen LogP contribution in [0.15, 0.2) is 0 Å². The molecule has 0 spiro atoms. The first-order valence-electron chi connectivity index (χ1n) is 5.53. The first-order chi connectivity index (χ1) is 6.56. The van der Waals surface area contributed by atoms with Crippen LogP contribution in [0.4, 0.5) is 0 Å². The highest BCUT2D eigenvalue weighted by Gasteiger charge is 2.37. The SMILES string of the molecule is CCN1CC[C@H](C(=O)O)[C@H]1CC(C)C. The van der Waals surface area contributed by atoms with Gasteiger partial charge in [0.1, 0.15) is 0 Å². The molecular weight excluding hydrogens is 178 g/mol. The molecule has 1 heterocycles. The van der Waals surface area contributed by atoms with Crippen LogP contribution in [0, 0.1) is 11.8 Å². The predicted molar refractivity (Wildman–Crippen MR) is 56.2 cm³/mol. The Morgan fingerprint density at radius 3 is 2.64 bits per heavy atom. The highest BCUT2D eigenvalue weighted by atomic mass is 16.4. The van der Waals surface area contributed by atoms with Gasteiger partial charge in [0.25, 0.3) is 0 Å². The molecule has 2 atom stereocenters. The fraction of sp³-hybridized carbons (Fsp3) is 0.909. The van der Waals surface area contributed by atoms with Gasteiger partial charge in [0.05, 0.1) is 5.92 Å². The Balaban J connectivity index is 2.65. The molecule has 0 saturated carbocycles. The number of nitrogens with zero attached hydrogens (tertiary/aromatic N) is 1. The third-order valence-corrected chi connectivity index (χ3v) is 3.10. The van der Waals surface area contributed by atoms with Crippen LogP contribution in [-0.2, 0) is 4.79 Å². The van der Waals surface area contributed by atoms with E-state index in [1.54, 1.807) is 0 Å². The lowest BCUT2D eigenvalue weighted by Gasteiger charge is -2.26. The summed E-state index contributed by atoms with van der Waals surface area (Å²) in [5.74, 6) is -0.182. The van der Waals surface area contributed by atoms with Gasteiger partial charge in [-0.05, 0) is 31.8 Å². The van der Waals surface area contributed by atoms with E-state index in [-0.39, 0.29) is 12.0 Å². The van der Waals surface area contributed by atoms with E-state index in [1.165, 1.54) is 0 Å². The molecule has 0 amide bonds. The summed E-state index contributed by atoms with van der Waals surface area (Å²) in [7, 11) is 0. The van der Waals surface area contributed by atoms with Crippen LogP contribution >= 0.6 is 0 Å². The zero-order valence-electron chi connectivity index (χ0n) is 9.36. The van der Waals surface area contributed by atoms with Crippen LogP contribution in [0.1, 0.15) is 33.6 Å². The second-order valence-corrected chi connectivity index (χ2v) is 4.56. The molecule has 1 rings (SSSR count). The van der Waals surface area contributed by atoms with Crippen LogP contribution < -0.4 is 0 Å². The summed E-state index contributed by atoms with van der Waals surface area (Å²) >= 11 is 0. The third kappa shape index (κ3) is 2.47. The molecule has 1 aliphatic heterocycles. The minimum absolute atomic E-state index is 0.141. The summed E-state index contributed by atoms with van der Waals surface area (Å²) in [6.45, 7) is 8.35. The van der Waals surface area contributed by atoms with Crippen molar-refractivity contribution in [3.63, 3.8) is 0 Å². The van der Waals surface area contributed by atoms with Gasteiger partial charge < -0.3 is 5.11 Å². The summed E-state index contributed by atoms with van der Waals surface area (Å²) in [6.07, 6.45) is 1.82. The van der Waals surface area contributed by atoms with Gasteiger partial charge in [-0.1, -0.05) is 20.8 Å². The smallest absolute Gasteiger partial charge is 0.308 e. The average Bonchev–Trinajstić information content (AvgIpc) is 2.46. The standard InChI is InChI=1S/C11H21NO2/c1-4-12-6-5-9(11(13)14)10(12)7-8(2)3/h8-10H,4-7H2,1-3H3,(H,13,14)/t9-,10+/m0/s1. The summed E-state index contributed by atoms with van der Waals surface area (Å²) in [5, 5.41) is 9.08. The van der Waals surface area contributed by atoms with Crippen LogP contribution in [0.3, 0.4) is 0 Å². The van der Waals surface area contributed by atoms with E-state index < -0.39 is 5.97 Å². The van der Waals surface area contributed by atoms with Gasteiger partial charge in [-0.3, -0.25) is 9.69 Å². The van der Waals surface area contributed by atoms with Gasteiger partial charge in [-0.25, -0.2) is 0 Å². The maximum Gasteiger partial charge on any atom is 0.308 e. The number of hydrogen-bond acceptors (Lipinski definition) is 2. The molecular formula is C11H21NO2. The topological polar surface area (TPSA) is 40.5 Å². The lowest BCUT2D eigenvalue weighted by Crippen LogP contribution is -2.36. The molecule has 1 aliphatic rings. The number of carboxylic acids is 1. The van der Waals surface area contributed by atoms with Crippen molar-refractivity contribution in [2.45, 2.75) is 39.7 Å². The molecule has 0 radical (unpaired) electrons. The Morgan fingerprint density at radius 1 is 1.57 bits per heavy atom. The van der Waals surface area contributed by atoms with Crippen molar-refractivity contribution >= 4 is 5.97 Å². The van der Waals surface area contributed by atoms with E-state index in [1.807, 2.05) is 0 Å². The Hall–Kier alpha value is -0.570. The second kappa shape index (κ2) is 4.78. The minimum atomic E-state index is -0.619. The Morgan fingerprint density at radius 2 is 2.21 bits per heavy atom. The van der Waals surface area contributed by atoms with Crippen molar-refractivity contribution in [1.82, 2.24) is 4.90 Å². The van der Waals surface area contributed by atoms with Gasteiger partial charge in [0, 0.05) is 6.04 Å². The van der Waals surface area contributed by atoms with Gasteiger partial charge in [-0.2, -0.15) is 0 Å². The van der Waals surface area contributed by atoms with E-state index >= 15 is 0 Å². The van der Waals surface area contributed by atoms with Gasteiger partial charge in [-0.15, -0.1) is 0 Å². The summed E-state index contributed by atoms with van der Waals surface area (Å²) < 4.78 is 0. The van der Waals surface area contributed by atoms with Crippen LogP contribution in [0.2, 0.25) is 0 Å². The van der Waals surface area contributed by atoms with E-state index in [0.29, 0.717) is 5.92 Å². The van der Waals surface area contributed by atoms with E-state index in [9.17, 15) is 4.79 Å². The number of rotatable bonds is 4.